The molecule has 1 aliphatic rings. The molecule has 0 bridgehead atoms. The number of aliphatic hydroxyl groups is 2. The summed E-state index contributed by atoms with van der Waals surface area (Å²) in [7, 11) is 0. The summed E-state index contributed by atoms with van der Waals surface area (Å²) in [6.45, 7) is 6.40. The lowest BCUT2D eigenvalue weighted by atomic mass is 9.82. The summed E-state index contributed by atoms with van der Waals surface area (Å²) in [6, 6.07) is 13.0. The molecule has 4 N–H and O–H groups in total. The maximum Gasteiger partial charge on any atom is 0.264 e. The van der Waals surface area contributed by atoms with Gasteiger partial charge in [0, 0.05) is 66.6 Å². The summed E-state index contributed by atoms with van der Waals surface area (Å²) in [5, 5.41) is 32.9. The fraction of sp³-hybridized carbons (Fsp3) is 0.290. The Labute approximate surface area is 238 Å². The second-order valence-corrected chi connectivity index (χ2v) is 10.2. The first-order valence-electron chi connectivity index (χ1n) is 13.7. The molecule has 41 heavy (non-hydrogen) atoms. The normalized spacial score (nSPS) is 17.3. The van der Waals surface area contributed by atoms with Gasteiger partial charge in [0.25, 0.3) is 5.91 Å². The zero-order chi connectivity index (χ0) is 29.0. The van der Waals surface area contributed by atoms with Crippen molar-refractivity contribution in [2.75, 3.05) is 23.4 Å². The Kier molecular flexibility index (Phi) is 8.14. The molecule has 0 saturated heterocycles. The highest BCUT2D eigenvalue weighted by Gasteiger charge is 2.52. The van der Waals surface area contributed by atoms with Crippen LogP contribution in [0, 0.1) is 5.92 Å². The summed E-state index contributed by atoms with van der Waals surface area (Å²) in [5.74, 6) is -1.19. The first-order chi connectivity index (χ1) is 19.8. The smallest absolute Gasteiger partial charge is 0.264 e. The van der Waals surface area contributed by atoms with Gasteiger partial charge in [-0.15, -0.1) is 11.7 Å². The molecular weight excluding hydrogens is 520 g/mol. The van der Waals surface area contributed by atoms with Crippen molar-refractivity contribution >= 4 is 34.1 Å². The van der Waals surface area contributed by atoms with E-state index in [0.717, 1.165) is 22.2 Å². The SMILES string of the molecule is C=CCN1C(=O)[C@@](O)([C@@H](C)/C=C/CCn2cc(CCO)nn2)c2cc(NC(=O)Cc3c[nH]c4ccccc34)ccc21. The van der Waals surface area contributed by atoms with Crippen molar-refractivity contribution < 1.29 is 19.8 Å². The number of carbonyl (C=O) groups excluding carboxylic acids is 2. The largest absolute Gasteiger partial charge is 0.396 e. The van der Waals surface area contributed by atoms with Crippen molar-refractivity contribution in [1.82, 2.24) is 20.0 Å². The van der Waals surface area contributed by atoms with E-state index in [1.807, 2.05) is 42.6 Å². The molecule has 0 saturated carbocycles. The van der Waals surface area contributed by atoms with Gasteiger partial charge in [-0.3, -0.25) is 14.3 Å². The molecule has 0 aliphatic carbocycles. The van der Waals surface area contributed by atoms with Crippen LogP contribution in [0.4, 0.5) is 11.4 Å². The van der Waals surface area contributed by atoms with Gasteiger partial charge in [-0.2, -0.15) is 0 Å². The fourth-order valence-corrected chi connectivity index (χ4v) is 5.31. The number of anilines is 2. The Hall–Kier alpha value is -4.54. The Bertz CT molecular complexity index is 1600. The molecule has 4 aromatic rings. The molecule has 10 nitrogen and oxygen atoms in total. The molecular formula is C31H34N6O4. The zero-order valence-corrected chi connectivity index (χ0v) is 23.0. The minimum Gasteiger partial charge on any atom is -0.396 e. The molecule has 1 aliphatic heterocycles. The number of carbonyl (C=O) groups is 2. The molecule has 5 rings (SSSR count). The average Bonchev–Trinajstić information content (AvgIpc) is 3.65. The van der Waals surface area contributed by atoms with Crippen molar-refractivity contribution in [2.24, 2.45) is 5.92 Å². The third-order valence-corrected chi connectivity index (χ3v) is 7.45. The van der Waals surface area contributed by atoms with Crippen LogP contribution in [0.2, 0.25) is 0 Å². The van der Waals surface area contributed by atoms with Crippen molar-refractivity contribution in [1.29, 1.82) is 0 Å². The van der Waals surface area contributed by atoms with Crippen LogP contribution in [-0.4, -0.2) is 55.2 Å². The number of nitrogens with zero attached hydrogens (tertiary/aromatic N) is 4. The predicted octanol–water partition coefficient (Wildman–Crippen LogP) is 3.48. The van der Waals surface area contributed by atoms with Crippen molar-refractivity contribution in [3.05, 3.63) is 96.5 Å². The first-order valence-corrected chi connectivity index (χ1v) is 13.7. The van der Waals surface area contributed by atoms with E-state index in [1.54, 1.807) is 42.1 Å². The fourth-order valence-electron chi connectivity index (χ4n) is 5.31. The third kappa shape index (κ3) is 5.57. The van der Waals surface area contributed by atoms with E-state index in [4.69, 9.17) is 5.11 Å². The maximum atomic E-state index is 13.6. The molecule has 0 fully saturated rings. The first kappa shape index (κ1) is 28.0. The Morgan fingerprint density at radius 1 is 1.27 bits per heavy atom. The molecule has 0 unspecified atom stereocenters. The summed E-state index contributed by atoms with van der Waals surface area (Å²) in [4.78, 5) is 31.2. The number of aromatic nitrogens is 4. The molecule has 10 heteroatoms. The van der Waals surface area contributed by atoms with E-state index in [2.05, 4.69) is 27.2 Å². The molecule has 2 aromatic heterocycles. The minimum absolute atomic E-state index is 0.0164. The topological polar surface area (TPSA) is 136 Å². The van der Waals surface area contributed by atoms with Gasteiger partial charge in [-0.05, 0) is 36.2 Å². The van der Waals surface area contributed by atoms with Gasteiger partial charge in [-0.1, -0.05) is 48.6 Å². The summed E-state index contributed by atoms with van der Waals surface area (Å²) < 4.78 is 1.70. The molecule has 0 radical (unpaired) electrons. The number of aliphatic hydroxyl groups excluding tert-OH is 1. The lowest BCUT2D eigenvalue weighted by Gasteiger charge is -2.27. The summed E-state index contributed by atoms with van der Waals surface area (Å²) >= 11 is 0. The van der Waals surface area contributed by atoms with E-state index in [9.17, 15) is 14.7 Å². The van der Waals surface area contributed by atoms with Gasteiger partial charge < -0.3 is 25.4 Å². The number of H-pyrrole nitrogens is 1. The highest BCUT2D eigenvalue weighted by molar-refractivity contribution is 6.08. The molecule has 2 amide bonds. The number of aryl methyl sites for hydroxylation is 1. The van der Waals surface area contributed by atoms with Gasteiger partial charge in [0.05, 0.1) is 17.8 Å². The van der Waals surface area contributed by atoms with Gasteiger partial charge in [-0.25, -0.2) is 0 Å². The second kappa shape index (κ2) is 11.9. The van der Waals surface area contributed by atoms with Crippen LogP contribution >= 0.6 is 0 Å². The van der Waals surface area contributed by atoms with Crippen molar-refractivity contribution in [2.45, 2.75) is 38.3 Å². The van der Waals surface area contributed by atoms with Gasteiger partial charge in [0.2, 0.25) is 5.91 Å². The number of allylic oxidation sites excluding steroid dienone is 1. The number of hydrogen-bond acceptors (Lipinski definition) is 6. The molecule has 3 heterocycles. The Morgan fingerprint density at radius 2 is 2.10 bits per heavy atom. The lowest BCUT2D eigenvalue weighted by molar-refractivity contribution is -0.139. The average molecular weight is 555 g/mol. The monoisotopic (exact) mass is 554 g/mol. The number of amides is 2. The Balaban J connectivity index is 1.32. The van der Waals surface area contributed by atoms with E-state index in [1.165, 1.54) is 4.90 Å². The van der Waals surface area contributed by atoms with Crippen LogP contribution in [0.5, 0.6) is 0 Å². The van der Waals surface area contributed by atoms with Crippen LogP contribution in [-0.2, 0) is 34.6 Å². The number of aromatic amines is 1. The van der Waals surface area contributed by atoms with Crippen LogP contribution in [0.25, 0.3) is 10.9 Å². The number of rotatable bonds is 12. The third-order valence-electron chi connectivity index (χ3n) is 7.45. The van der Waals surface area contributed by atoms with Crippen LogP contribution in [0.1, 0.15) is 30.2 Å². The van der Waals surface area contributed by atoms with E-state index >= 15 is 0 Å². The van der Waals surface area contributed by atoms with E-state index < -0.39 is 17.4 Å². The maximum absolute atomic E-state index is 13.6. The predicted molar refractivity (Wildman–Crippen MR) is 157 cm³/mol. The quantitative estimate of drug-likeness (QED) is 0.198. The van der Waals surface area contributed by atoms with Crippen LogP contribution < -0.4 is 10.2 Å². The molecule has 2 atom stereocenters. The number of fused-ring (bicyclic) bond motifs is 2. The summed E-state index contributed by atoms with van der Waals surface area (Å²) in [5.41, 5.74) is 2.29. The number of para-hydroxylation sites is 1. The number of nitrogens with one attached hydrogen (secondary N) is 2. The van der Waals surface area contributed by atoms with Gasteiger partial charge >= 0.3 is 0 Å². The highest BCUT2D eigenvalue weighted by atomic mass is 16.3. The second-order valence-electron chi connectivity index (χ2n) is 10.2. The highest BCUT2D eigenvalue weighted by Crippen LogP contribution is 2.46. The lowest BCUT2D eigenvalue weighted by Crippen LogP contribution is -2.44. The van der Waals surface area contributed by atoms with Gasteiger partial charge in [0.15, 0.2) is 5.60 Å². The number of benzene rings is 2. The van der Waals surface area contributed by atoms with Crippen LogP contribution in [0.15, 0.2) is 79.7 Å². The molecule has 2 aromatic carbocycles. The standard InChI is InChI=1S/C31H34N6O4/c1-3-14-37-28-12-11-23(33-29(39)17-22-19-32-27-10-5-4-9-25(22)27)18-26(28)31(41,30(37)40)21(2)8-6-7-15-36-20-24(13-16-38)34-35-36/h3-6,8-12,18-21,32,38,41H,1,7,13-17H2,2H3,(H,33,39)/b8-6+/t21-,31+/m0/s1. The van der Waals surface area contributed by atoms with E-state index in [0.29, 0.717) is 36.3 Å². The van der Waals surface area contributed by atoms with Crippen LogP contribution in [0.3, 0.4) is 0 Å². The zero-order valence-electron chi connectivity index (χ0n) is 23.0. The summed E-state index contributed by atoms with van der Waals surface area (Å²) in [6.07, 6.45) is 10.2. The van der Waals surface area contributed by atoms with E-state index in [-0.39, 0.29) is 25.5 Å². The van der Waals surface area contributed by atoms with Crippen molar-refractivity contribution in [3.8, 4) is 0 Å². The Morgan fingerprint density at radius 3 is 2.90 bits per heavy atom. The molecule has 212 valence electrons. The van der Waals surface area contributed by atoms with Gasteiger partial charge in [0.1, 0.15) is 0 Å². The van der Waals surface area contributed by atoms with Crippen molar-refractivity contribution in [3.63, 3.8) is 0 Å². The molecule has 0 spiro atoms. The number of hydrogen-bond donors (Lipinski definition) is 4. The minimum atomic E-state index is -1.81.